The first kappa shape index (κ1) is 38.0. The normalized spacial score (nSPS) is 13.1. The molecule has 0 radical (unpaired) electrons. The molecule has 3 heterocycles. The Morgan fingerprint density at radius 2 is 1.22 bits per heavy atom. The molecule has 6 aromatic carbocycles. The van der Waals surface area contributed by atoms with Crippen LogP contribution in [0.1, 0.15) is 77.0 Å². The maximum absolute atomic E-state index is 6.84. The largest absolute Gasteiger partial charge is 0.457 e. The molecule has 1 aliphatic heterocycles. The number of pyridine rings is 1. The Hall–Kier alpha value is -6.59. The van der Waals surface area contributed by atoms with E-state index >= 15 is 0 Å². The maximum atomic E-state index is 6.84. The van der Waals surface area contributed by atoms with Crippen LogP contribution in [0.2, 0.25) is 0 Å². The Bertz CT molecular complexity index is 2800. The van der Waals surface area contributed by atoms with Gasteiger partial charge in [-0.3, -0.25) is 4.57 Å². The SMILES string of the molecule is CC(C)c1cccc(C(C)C)c1-c1ccc(N2C=CN(c3cc(Oc4ccc5c6ccccc6n(-c6cc(C(C)(C)C)ccn6)c5c4)cc(-c4ccccc4)c3)C2)cc1. The highest BCUT2D eigenvalue weighted by Crippen LogP contribution is 2.40. The van der Waals surface area contributed by atoms with Crippen molar-refractivity contribution in [1.82, 2.24) is 9.55 Å². The molecule has 0 aliphatic carbocycles. The number of hydrogen-bond donors (Lipinski definition) is 0. The van der Waals surface area contributed by atoms with Gasteiger partial charge >= 0.3 is 0 Å². The van der Waals surface area contributed by atoms with Crippen LogP contribution in [0.25, 0.3) is 49.9 Å². The number of nitrogens with zero attached hydrogens (tertiary/aromatic N) is 4. The monoisotopic (exact) mass is 772 g/mol. The van der Waals surface area contributed by atoms with E-state index in [0.29, 0.717) is 18.5 Å². The lowest BCUT2D eigenvalue weighted by atomic mass is 9.85. The van der Waals surface area contributed by atoms with E-state index in [2.05, 4.69) is 221 Å². The van der Waals surface area contributed by atoms with Crippen molar-refractivity contribution in [1.29, 1.82) is 0 Å². The zero-order chi connectivity index (χ0) is 40.8. The number of anilines is 2. The van der Waals surface area contributed by atoms with Crippen molar-refractivity contribution >= 4 is 33.2 Å². The zero-order valence-corrected chi connectivity index (χ0v) is 35.1. The summed E-state index contributed by atoms with van der Waals surface area (Å²) in [6, 6.07) is 52.2. The predicted octanol–water partition coefficient (Wildman–Crippen LogP) is 14.6. The molecule has 294 valence electrons. The van der Waals surface area contributed by atoms with Crippen LogP contribution in [0.4, 0.5) is 11.4 Å². The lowest BCUT2D eigenvalue weighted by Crippen LogP contribution is -2.24. The first-order valence-electron chi connectivity index (χ1n) is 20.8. The van der Waals surface area contributed by atoms with Gasteiger partial charge in [0.15, 0.2) is 0 Å². The van der Waals surface area contributed by atoms with E-state index in [1.165, 1.54) is 33.2 Å². The second-order valence-corrected chi connectivity index (χ2v) is 17.4. The minimum absolute atomic E-state index is 0.00376. The van der Waals surface area contributed by atoms with Gasteiger partial charge in [0.05, 0.1) is 17.7 Å². The molecular weight excluding hydrogens is 721 g/mol. The third kappa shape index (κ3) is 7.38. The topological polar surface area (TPSA) is 33.5 Å². The second kappa shape index (κ2) is 15.3. The van der Waals surface area contributed by atoms with Crippen molar-refractivity contribution in [2.24, 2.45) is 0 Å². The van der Waals surface area contributed by atoms with E-state index in [1.54, 1.807) is 0 Å². The number of benzene rings is 6. The molecule has 0 fully saturated rings. The molecule has 0 saturated heterocycles. The van der Waals surface area contributed by atoms with Crippen molar-refractivity contribution in [3.8, 4) is 39.6 Å². The molecule has 0 atom stereocenters. The van der Waals surface area contributed by atoms with Crippen LogP contribution in [0, 0.1) is 0 Å². The van der Waals surface area contributed by atoms with Gasteiger partial charge in [-0.05, 0) is 111 Å². The van der Waals surface area contributed by atoms with Gasteiger partial charge in [0, 0.05) is 52.9 Å². The highest BCUT2D eigenvalue weighted by Gasteiger charge is 2.21. The average molecular weight is 773 g/mol. The third-order valence-electron chi connectivity index (χ3n) is 11.6. The summed E-state index contributed by atoms with van der Waals surface area (Å²) in [4.78, 5) is 9.46. The summed E-state index contributed by atoms with van der Waals surface area (Å²) in [7, 11) is 0. The molecule has 0 unspecified atom stereocenters. The summed E-state index contributed by atoms with van der Waals surface area (Å²) in [5.41, 5.74) is 13.3. The molecule has 59 heavy (non-hydrogen) atoms. The summed E-state index contributed by atoms with van der Waals surface area (Å²) in [5.74, 6) is 3.33. The molecule has 0 bridgehead atoms. The molecule has 2 aromatic heterocycles. The van der Waals surface area contributed by atoms with Crippen molar-refractivity contribution in [3.05, 3.63) is 181 Å². The Morgan fingerprint density at radius 3 is 1.93 bits per heavy atom. The first-order chi connectivity index (χ1) is 28.5. The molecular formula is C54H52N4O. The Kier molecular flexibility index (Phi) is 9.84. The summed E-state index contributed by atoms with van der Waals surface area (Å²) < 4.78 is 9.10. The zero-order valence-electron chi connectivity index (χ0n) is 35.1. The van der Waals surface area contributed by atoms with Crippen molar-refractivity contribution in [2.75, 3.05) is 16.5 Å². The van der Waals surface area contributed by atoms with Gasteiger partial charge in [0.2, 0.25) is 0 Å². The van der Waals surface area contributed by atoms with Gasteiger partial charge in [0.25, 0.3) is 0 Å². The lowest BCUT2D eigenvalue weighted by Gasteiger charge is -2.24. The van der Waals surface area contributed by atoms with E-state index in [9.17, 15) is 0 Å². The smallest absolute Gasteiger partial charge is 0.137 e. The van der Waals surface area contributed by atoms with Gasteiger partial charge in [-0.15, -0.1) is 0 Å². The number of fused-ring (bicyclic) bond motifs is 3. The predicted molar refractivity (Wildman–Crippen MR) is 248 cm³/mol. The summed E-state index contributed by atoms with van der Waals surface area (Å²) in [6.45, 7) is 16.5. The van der Waals surface area contributed by atoms with Gasteiger partial charge in [-0.1, -0.05) is 127 Å². The van der Waals surface area contributed by atoms with Crippen molar-refractivity contribution in [3.63, 3.8) is 0 Å². The molecule has 1 aliphatic rings. The van der Waals surface area contributed by atoms with Gasteiger partial charge in [-0.2, -0.15) is 0 Å². The van der Waals surface area contributed by atoms with Crippen LogP contribution in [-0.4, -0.2) is 16.2 Å². The van der Waals surface area contributed by atoms with E-state index in [1.807, 2.05) is 6.20 Å². The van der Waals surface area contributed by atoms with Crippen molar-refractivity contribution < 1.29 is 4.74 Å². The lowest BCUT2D eigenvalue weighted by molar-refractivity contribution is 0.483. The standard InChI is InChI=1S/C54H52N4O/c1-36(2)46-17-13-18-47(37(3)4)53(46)39-20-22-42(23-21-39)56-28-29-57(35-56)43-30-40(38-14-9-8-10-15-38)31-45(33-43)59-44-24-25-49-48-16-11-12-19-50(48)58(51(49)34-44)52-32-41(26-27-55-52)54(5,6)7/h8-34,36-37H,35H2,1-7H3. The minimum atomic E-state index is -0.00376. The van der Waals surface area contributed by atoms with Crippen LogP contribution in [-0.2, 0) is 5.41 Å². The quantitative estimate of drug-likeness (QED) is 0.146. The highest BCUT2D eigenvalue weighted by molar-refractivity contribution is 6.09. The fourth-order valence-corrected chi connectivity index (χ4v) is 8.47. The molecule has 5 nitrogen and oxygen atoms in total. The molecule has 5 heteroatoms. The van der Waals surface area contributed by atoms with Crippen molar-refractivity contribution in [2.45, 2.75) is 65.7 Å². The van der Waals surface area contributed by atoms with E-state index < -0.39 is 0 Å². The first-order valence-corrected chi connectivity index (χ1v) is 20.8. The van der Waals surface area contributed by atoms with Crippen LogP contribution >= 0.6 is 0 Å². The van der Waals surface area contributed by atoms with E-state index in [0.717, 1.165) is 56.2 Å². The van der Waals surface area contributed by atoms with Crippen LogP contribution < -0.4 is 14.5 Å². The maximum Gasteiger partial charge on any atom is 0.137 e. The number of rotatable bonds is 9. The fourth-order valence-electron chi connectivity index (χ4n) is 8.47. The van der Waals surface area contributed by atoms with Gasteiger partial charge in [-0.25, -0.2) is 4.98 Å². The number of ether oxygens (including phenoxy) is 1. The van der Waals surface area contributed by atoms with Gasteiger partial charge < -0.3 is 14.5 Å². The van der Waals surface area contributed by atoms with Gasteiger partial charge in [0.1, 0.15) is 17.3 Å². The molecule has 0 saturated carbocycles. The third-order valence-corrected chi connectivity index (χ3v) is 11.6. The van der Waals surface area contributed by atoms with E-state index in [4.69, 9.17) is 9.72 Å². The minimum Gasteiger partial charge on any atom is -0.457 e. The second-order valence-electron chi connectivity index (χ2n) is 17.4. The molecule has 0 N–H and O–H groups in total. The van der Waals surface area contributed by atoms with Crippen LogP contribution in [0.3, 0.4) is 0 Å². The van der Waals surface area contributed by atoms with Crippen LogP contribution in [0.15, 0.2) is 164 Å². The van der Waals surface area contributed by atoms with E-state index in [-0.39, 0.29) is 5.41 Å². The molecule has 8 aromatic rings. The fraction of sp³-hybridized carbons (Fsp3) is 0.204. The molecule has 9 rings (SSSR count). The summed E-state index contributed by atoms with van der Waals surface area (Å²) in [5, 5.41) is 2.35. The number of aromatic nitrogens is 2. The Balaban J connectivity index is 1.04. The molecule has 0 amide bonds. The molecule has 0 spiro atoms. The Labute approximate surface area is 348 Å². The van der Waals surface area contributed by atoms with Crippen LogP contribution in [0.5, 0.6) is 11.5 Å². The number of hydrogen-bond acceptors (Lipinski definition) is 4. The average Bonchev–Trinajstić information content (AvgIpc) is 3.87. The number of para-hydroxylation sites is 1. The summed E-state index contributed by atoms with van der Waals surface area (Å²) in [6.07, 6.45) is 6.25. The summed E-state index contributed by atoms with van der Waals surface area (Å²) >= 11 is 0. The Morgan fingerprint density at radius 1 is 0.542 bits per heavy atom. The highest BCUT2D eigenvalue weighted by atomic mass is 16.5.